The summed E-state index contributed by atoms with van der Waals surface area (Å²) in [4.78, 5) is 12.4. The van der Waals surface area contributed by atoms with Crippen LogP contribution in [0.25, 0.3) is 0 Å². The van der Waals surface area contributed by atoms with Gasteiger partial charge in [-0.3, -0.25) is 0 Å². The fraction of sp³-hybridized carbons (Fsp3) is 0.522. The van der Waals surface area contributed by atoms with Crippen LogP contribution in [0.4, 0.5) is 0 Å². The number of benzene rings is 1. The van der Waals surface area contributed by atoms with E-state index in [1.807, 2.05) is 43.3 Å². The van der Waals surface area contributed by atoms with Crippen LogP contribution in [0, 0.1) is 5.92 Å². The fourth-order valence-electron chi connectivity index (χ4n) is 3.29. The van der Waals surface area contributed by atoms with Crippen molar-refractivity contribution in [1.29, 1.82) is 0 Å². The van der Waals surface area contributed by atoms with Crippen LogP contribution >= 0.6 is 0 Å². The molecule has 7 nitrogen and oxygen atoms in total. The first-order valence-electron chi connectivity index (χ1n) is 10.3. The molecule has 1 heterocycles. The standard InChI is InChI=1S/C23H32O7/c1-3-12-29-22(25)21-17-20(18-8-6-5-7-9-18)19(23(30-21)28-4-2)10-13-26-15-16-27-14-11-24/h3,5-9,17,19-20,23-24H,1,4,10-16H2,2H3/t19-,20+,23+/m1/s1. The van der Waals surface area contributed by atoms with Crippen LogP contribution in [0.2, 0.25) is 0 Å². The summed E-state index contributed by atoms with van der Waals surface area (Å²) in [6.45, 7) is 7.69. The van der Waals surface area contributed by atoms with E-state index in [0.717, 1.165) is 5.56 Å². The van der Waals surface area contributed by atoms with Gasteiger partial charge in [-0.1, -0.05) is 43.0 Å². The highest BCUT2D eigenvalue weighted by molar-refractivity contribution is 5.86. The molecule has 0 radical (unpaired) electrons. The third-order valence-corrected chi connectivity index (χ3v) is 4.64. The maximum atomic E-state index is 12.4. The lowest BCUT2D eigenvalue weighted by Crippen LogP contribution is -2.37. The molecule has 0 saturated carbocycles. The normalized spacial score (nSPS) is 20.9. The average molecular weight is 421 g/mol. The highest BCUT2D eigenvalue weighted by Crippen LogP contribution is 2.38. The molecule has 30 heavy (non-hydrogen) atoms. The second kappa shape index (κ2) is 13.9. The lowest BCUT2D eigenvalue weighted by molar-refractivity contribution is -0.176. The van der Waals surface area contributed by atoms with Gasteiger partial charge in [0.15, 0.2) is 0 Å². The van der Waals surface area contributed by atoms with Gasteiger partial charge >= 0.3 is 5.97 Å². The van der Waals surface area contributed by atoms with Crippen LogP contribution in [-0.4, -0.2) is 63.6 Å². The third kappa shape index (κ3) is 7.57. The Balaban J connectivity index is 2.12. The number of carbonyl (C=O) groups excluding carboxylic acids is 1. The van der Waals surface area contributed by atoms with Gasteiger partial charge in [0.25, 0.3) is 0 Å². The molecule has 0 saturated heterocycles. The van der Waals surface area contributed by atoms with Crippen molar-refractivity contribution in [2.45, 2.75) is 25.6 Å². The van der Waals surface area contributed by atoms with Crippen LogP contribution in [0.5, 0.6) is 0 Å². The van der Waals surface area contributed by atoms with E-state index in [4.69, 9.17) is 28.8 Å². The second-order valence-corrected chi connectivity index (χ2v) is 6.70. The van der Waals surface area contributed by atoms with Gasteiger partial charge in [0.1, 0.15) is 6.61 Å². The molecule has 7 heteroatoms. The van der Waals surface area contributed by atoms with Crippen LogP contribution in [0.3, 0.4) is 0 Å². The highest BCUT2D eigenvalue weighted by atomic mass is 16.7. The SMILES string of the molecule is C=CCOC(=O)C1=C[C@@H](c2ccccc2)[C@@H](CCOCCOCCO)[C@@H](OCC)O1. The smallest absolute Gasteiger partial charge is 0.373 e. The summed E-state index contributed by atoms with van der Waals surface area (Å²) in [7, 11) is 0. The highest BCUT2D eigenvalue weighted by Gasteiger charge is 2.38. The molecule has 0 unspecified atom stereocenters. The third-order valence-electron chi connectivity index (χ3n) is 4.64. The monoisotopic (exact) mass is 420 g/mol. The second-order valence-electron chi connectivity index (χ2n) is 6.70. The Labute approximate surface area is 178 Å². The first kappa shape index (κ1) is 24.1. The molecule has 1 aromatic rings. The molecule has 3 atom stereocenters. The summed E-state index contributed by atoms with van der Waals surface area (Å²) in [6.07, 6.45) is 3.41. The summed E-state index contributed by atoms with van der Waals surface area (Å²) >= 11 is 0. The van der Waals surface area contributed by atoms with Gasteiger partial charge < -0.3 is 28.8 Å². The summed E-state index contributed by atoms with van der Waals surface area (Å²) in [6, 6.07) is 9.94. The van der Waals surface area contributed by atoms with E-state index in [0.29, 0.717) is 39.5 Å². The molecule has 0 amide bonds. The van der Waals surface area contributed by atoms with Crippen LogP contribution in [-0.2, 0) is 28.5 Å². The predicted octanol–water partition coefficient (Wildman–Crippen LogP) is 2.81. The minimum Gasteiger partial charge on any atom is -0.457 e. The van der Waals surface area contributed by atoms with Gasteiger partial charge in [0, 0.05) is 25.0 Å². The number of hydrogen-bond acceptors (Lipinski definition) is 7. The van der Waals surface area contributed by atoms with E-state index in [-0.39, 0.29) is 30.8 Å². The van der Waals surface area contributed by atoms with E-state index in [1.54, 1.807) is 0 Å². The maximum Gasteiger partial charge on any atom is 0.373 e. The molecular weight excluding hydrogens is 388 g/mol. The maximum absolute atomic E-state index is 12.4. The zero-order valence-electron chi connectivity index (χ0n) is 17.5. The fourth-order valence-corrected chi connectivity index (χ4v) is 3.29. The topological polar surface area (TPSA) is 83.5 Å². The molecule has 0 fully saturated rings. The minimum atomic E-state index is -0.592. The number of carbonyl (C=O) groups is 1. The Kier molecular flexibility index (Phi) is 11.2. The van der Waals surface area contributed by atoms with Crippen molar-refractivity contribution in [3.05, 3.63) is 60.4 Å². The number of hydrogen-bond donors (Lipinski definition) is 1. The van der Waals surface area contributed by atoms with E-state index in [2.05, 4.69) is 6.58 Å². The van der Waals surface area contributed by atoms with Crippen molar-refractivity contribution in [2.24, 2.45) is 5.92 Å². The quantitative estimate of drug-likeness (QED) is 0.281. The Morgan fingerprint density at radius 2 is 1.90 bits per heavy atom. The average Bonchev–Trinajstić information content (AvgIpc) is 2.78. The van der Waals surface area contributed by atoms with Gasteiger partial charge in [-0.05, 0) is 25.0 Å². The zero-order valence-corrected chi connectivity index (χ0v) is 17.5. The summed E-state index contributed by atoms with van der Waals surface area (Å²) in [5.41, 5.74) is 1.07. The number of ether oxygens (including phenoxy) is 5. The first-order valence-corrected chi connectivity index (χ1v) is 10.3. The Morgan fingerprint density at radius 1 is 1.17 bits per heavy atom. The Hall–Kier alpha value is -2.19. The number of esters is 1. The molecular formula is C23H32O7. The van der Waals surface area contributed by atoms with Crippen LogP contribution < -0.4 is 0 Å². The largest absolute Gasteiger partial charge is 0.457 e. The van der Waals surface area contributed by atoms with E-state index >= 15 is 0 Å². The summed E-state index contributed by atoms with van der Waals surface area (Å²) in [5, 5.41) is 8.73. The van der Waals surface area contributed by atoms with Gasteiger partial charge in [0.05, 0.1) is 26.4 Å². The first-order chi connectivity index (χ1) is 14.7. The molecule has 1 N–H and O–H groups in total. The molecule has 1 aromatic carbocycles. The van der Waals surface area contributed by atoms with Crippen molar-refractivity contribution in [1.82, 2.24) is 0 Å². The van der Waals surface area contributed by atoms with Gasteiger partial charge in [-0.25, -0.2) is 4.79 Å². The van der Waals surface area contributed by atoms with Crippen molar-refractivity contribution in [3.8, 4) is 0 Å². The summed E-state index contributed by atoms with van der Waals surface area (Å²) < 4.78 is 27.8. The van der Waals surface area contributed by atoms with E-state index in [9.17, 15) is 4.79 Å². The molecule has 0 spiro atoms. The Morgan fingerprint density at radius 3 is 2.57 bits per heavy atom. The van der Waals surface area contributed by atoms with Crippen LogP contribution in [0.15, 0.2) is 54.8 Å². The van der Waals surface area contributed by atoms with E-state index in [1.165, 1.54) is 6.08 Å². The molecule has 1 aliphatic heterocycles. The molecule has 1 aliphatic rings. The number of aliphatic hydroxyl groups excluding tert-OH is 1. The lowest BCUT2D eigenvalue weighted by Gasteiger charge is -2.36. The number of rotatable bonds is 14. The minimum absolute atomic E-state index is 0.00188. The molecule has 166 valence electrons. The van der Waals surface area contributed by atoms with Crippen molar-refractivity contribution in [2.75, 3.05) is 46.2 Å². The zero-order chi connectivity index (χ0) is 21.6. The molecule has 0 bridgehead atoms. The molecule has 0 aromatic heterocycles. The van der Waals surface area contributed by atoms with Crippen LogP contribution in [0.1, 0.15) is 24.8 Å². The predicted molar refractivity (Wildman–Crippen MR) is 112 cm³/mol. The van der Waals surface area contributed by atoms with Crippen molar-refractivity contribution >= 4 is 5.97 Å². The summed E-state index contributed by atoms with van der Waals surface area (Å²) in [5.74, 6) is -0.506. The molecule has 0 aliphatic carbocycles. The van der Waals surface area contributed by atoms with Gasteiger partial charge in [-0.15, -0.1) is 0 Å². The van der Waals surface area contributed by atoms with Gasteiger partial charge in [0.2, 0.25) is 12.0 Å². The van der Waals surface area contributed by atoms with Gasteiger partial charge in [-0.2, -0.15) is 0 Å². The Bertz CT molecular complexity index is 659. The number of aliphatic hydroxyl groups is 1. The van der Waals surface area contributed by atoms with E-state index < -0.39 is 12.3 Å². The lowest BCUT2D eigenvalue weighted by atomic mass is 9.81. The number of allylic oxidation sites excluding steroid dienone is 1. The molecule has 2 rings (SSSR count). The van der Waals surface area contributed by atoms with Crippen molar-refractivity contribution in [3.63, 3.8) is 0 Å². The van der Waals surface area contributed by atoms with Crippen molar-refractivity contribution < 1.29 is 33.6 Å².